The number of benzene rings is 1. The van der Waals surface area contributed by atoms with Crippen molar-refractivity contribution in [1.29, 1.82) is 0 Å². The molecule has 1 fully saturated rings. The van der Waals surface area contributed by atoms with E-state index in [9.17, 15) is 35.5 Å². The van der Waals surface area contributed by atoms with Crippen molar-refractivity contribution >= 4 is 38.6 Å². The van der Waals surface area contributed by atoms with Gasteiger partial charge in [0, 0.05) is 0 Å². The van der Waals surface area contributed by atoms with Crippen LogP contribution in [-0.2, 0) is 4.79 Å². The molecular formula is C16H17F7N2OS2. The molecule has 0 atom stereocenters. The fourth-order valence-corrected chi connectivity index (χ4v) is 5.96. The lowest BCUT2D eigenvalue weighted by Crippen LogP contribution is -2.38. The molecular weight excluding hydrogens is 433 g/mol. The van der Waals surface area contributed by atoms with Crippen molar-refractivity contribution < 1.29 is 35.5 Å². The Morgan fingerprint density at radius 2 is 1.75 bits per heavy atom. The maximum Gasteiger partial charge on any atom is 0.406 e. The second kappa shape index (κ2) is 7.77. The molecule has 0 saturated carbocycles. The zero-order chi connectivity index (χ0) is 21.5. The van der Waals surface area contributed by atoms with Crippen LogP contribution in [0.4, 0.5) is 36.4 Å². The summed E-state index contributed by atoms with van der Waals surface area (Å²) in [6.07, 6.45) is -6.26. The van der Waals surface area contributed by atoms with Crippen molar-refractivity contribution in [3.05, 3.63) is 23.5 Å². The van der Waals surface area contributed by atoms with E-state index in [0.29, 0.717) is 22.2 Å². The zero-order valence-electron chi connectivity index (χ0n) is 15.0. The van der Waals surface area contributed by atoms with Gasteiger partial charge < -0.3 is 0 Å². The summed E-state index contributed by atoms with van der Waals surface area (Å²) in [5, 5.41) is -0.334. The van der Waals surface area contributed by atoms with Crippen molar-refractivity contribution in [1.82, 2.24) is 4.90 Å². The Bertz CT molecular complexity index is 803. The lowest BCUT2D eigenvalue weighted by Gasteiger charge is -2.34. The average Bonchev–Trinajstić information content (AvgIpc) is 2.78. The number of rotatable bonds is 4. The quantitative estimate of drug-likeness (QED) is 0.588. The van der Waals surface area contributed by atoms with E-state index in [-0.39, 0.29) is 15.8 Å². The Hall–Kier alpha value is -1.43. The largest absolute Gasteiger partial charge is 0.406 e. The number of hydrogen-bond donors (Lipinski definition) is 0. The molecule has 1 aromatic rings. The Morgan fingerprint density at radius 1 is 1.14 bits per heavy atom. The highest BCUT2D eigenvalue weighted by atomic mass is 32.3. The van der Waals surface area contributed by atoms with Crippen LogP contribution in [0.15, 0.2) is 22.0 Å². The van der Waals surface area contributed by atoms with Gasteiger partial charge in [-0.25, -0.2) is 19.4 Å². The summed E-state index contributed by atoms with van der Waals surface area (Å²) >= 11 is 0.717. The Morgan fingerprint density at radius 3 is 2.29 bits per heavy atom. The summed E-state index contributed by atoms with van der Waals surface area (Å²) in [5.74, 6) is -3.07. The molecule has 1 aromatic carbocycles. The number of aliphatic imine (C=N–C) groups is 1. The maximum atomic E-state index is 14.3. The molecule has 158 valence electrons. The van der Waals surface area contributed by atoms with Crippen molar-refractivity contribution in [2.75, 3.05) is 30.6 Å². The van der Waals surface area contributed by atoms with Gasteiger partial charge in [0.1, 0.15) is 18.0 Å². The van der Waals surface area contributed by atoms with Crippen molar-refractivity contribution in [3.63, 3.8) is 0 Å². The van der Waals surface area contributed by atoms with Gasteiger partial charge in [0.05, 0.1) is 11.5 Å². The minimum atomic E-state index is -4.67. The van der Waals surface area contributed by atoms with Gasteiger partial charge >= 0.3 is 12.4 Å². The fourth-order valence-electron chi connectivity index (χ4n) is 2.73. The van der Waals surface area contributed by atoms with Crippen LogP contribution in [0.2, 0.25) is 0 Å². The molecule has 1 aliphatic heterocycles. The zero-order valence-corrected chi connectivity index (χ0v) is 16.7. The number of amidine groups is 1. The number of nitrogens with zero attached hydrogens (tertiary/aromatic N) is 2. The highest BCUT2D eigenvalue weighted by Crippen LogP contribution is 2.54. The van der Waals surface area contributed by atoms with Gasteiger partial charge in [-0.2, -0.15) is 26.3 Å². The van der Waals surface area contributed by atoms with Gasteiger partial charge in [-0.05, 0) is 42.0 Å². The van der Waals surface area contributed by atoms with Crippen molar-refractivity contribution in [2.45, 2.75) is 24.2 Å². The van der Waals surface area contributed by atoms with Crippen molar-refractivity contribution in [3.8, 4) is 0 Å². The number of thioether (sulfide) groups is 1. The van der Waals surface area contributed by atoms with Crippen LogP contribution in [0, 0.1) is 12.7 Å². The molecule has 0 N–H and O–H groups in total. The molecule has 0 bridgehead atoms. The van der Waals surface area contributed by atoms with Gasteiger partial charge in [0.15, 0.2) is 5.17 Å². The van der Waals surface area contributed by atoms with Crippen LogP contribution >= 0.6 is 21.8 Å². The minimum absolute atomic E-state index is 0.252. The van der Waals surface area contributed by atoms with Crippen LogP contribution in [0.3, 0.4) is 0 Å². The van der Waals surface area contributed by atoms with Crippen molar-refractivity contribution in [2.24, 2.45) is 4.99 Å². The molecule has 0 aromatic heterocycles. The summed E-state index contributed by atoms with van der Waals surface area (Å²) in [6.45, 7) is -0.104. The maximum absolute atomic E-state index is 14.3. The number of halogens is 7. The first-order valence-corrected chi connectivity index (χ1v) is 11.4. The van der Waals surface area contributed by atoms with Crippen LogP contribution in [-0.4, -0.2) is 58.9 Å². The number of amides is 1. The summed E-state index contributed by atoms with van der Waals surface area (Å²) < 4.78 is 91.0. The molecule has 1 aliphatic rings. The lowest BCUT2D eigenvalue weighted by molar-refractivity contribution is -0.150. The SMILES string of the molecule is Cc1cc(F)c(N=C2SCC(=O)N2CC(F)(F)F)cc1S(C)(C)CC(F)(F)F. The highest BCUT2D eigenvalue weighted by Gasteiger charge is 2.39. The monoisotopic (exact) mass is 450 g/mol. The average molecular weight is 450 g/mol. The number of alkyl halides is 6. The fraction of sp³-hybridized carbons (Fsp3) is 0.500. The molecule has 0 radical (unpaired) electrons. The smallest absolute Gasteiger partial charge is 0.281 e. The molecule has 12 heteroatoms. The number of hydrogen-bond acceptors (Lipinski definition) is 3. The first-order valence-electron chi connectivity index (χ1n) is 7.76. The van der Waals surface area contributed by atoms with Gasteiger partial charge in [-0.3, -0.25) is 9.69 Å². The molecule has 3 nitrogen and oxygen atoms in total. The molecule has 1 saturated heterocycles. The molecule has 1 amide bonds. The van der Waals surface area contributed by atoms with E-state index < -0.39 is 52.1 Å². The van der Waals surface area contributed by atoms with Gasteiger partial charge in [-0.15, -0.1) is 0 Å². The molecule has 2 rings (SSSR count). The Balaban J connectivity index is 2.46. The van der Waals surface area contributed by atoms with E-state index in [1.807, 2.05) is 0 Å². The highest BCUT2D eigenvalue weighted by molar-refractivity contribution is 8.32. The normalized spacial score (nSPS) is 18.3. The minimum Gasteiger partial charge on any atom is -0.281 e. The van der Waals surface area contributed by atoms with E-state index in [1.54, 1.807) is 0 Å². The van der Waals surface area contributed by atoms with Crippen LogP contribution < -0.4 is 0 Å². The Labute approximate surface area is 162 Å². The number of carbonyl (C=O) groups is 1. The summed E-state index contributed by atoms with van der Waals surface area (Å²) in [5.41, 5.74) is -0.0966. The van der Waals surface area contributed by atoms with E-state index in [1.165, 1.54) is 19.4 Å². The number of carbonyl (C=O) groups excluding carboxylic acids is 1. The van der Waals surface area contributed by atoms with Crippen LogP contribution in [0.5, 0.6) is 0 Å². The number of aryl methyl sites for hydroxylation is 1. The van der Waals surface area contributed by atoms with E-state index in [4.69, 9.17) is 0 Å². The van der Waals surface area contributed by atoms with Crippen LogP contribution in [0.1, 0.15) is 5.56 Å². The van der Waals surface area contributed by atoms with E-state index in [0.717, 1.165) is 12.1 Å². The lowest BCUT2D eigenvalue weighted by atomic mass is 10.2. The van der Waals surface area contributed by atoms with E-state index >= 15 is 0 Å². The molecule has 0 aliphatic carbocycles. The third kappa shape index (κ3) is 5.79. The molecule has 0 spiro atoms. The van der Waals surface area contributed by atoms with Gasteiger partial charge in [0.2, 0.25) is 5.91 Å². The van der Waals surface area contributed by atoms with Gasteiger partial charge in [-0.1, -0.05) is 11.8 Å². The predicted octanol–water partition coefficient (Wildman–Crippen LogP) is 5.24. The first-order chi connectivity index (χ1) is 12.6. The third-order valence-electron chi connectivity index (χ3n) is 3.77. The third-order valence-corrected chi connectivity index (χ3v) is 7.42. The standard InChI is InChI=1S/C16H17F7N2OS2/c1-9-4-10(17)11(5-12(9)28(2,3)8-16(21,22)23)24-14-25(7-15(18,19)20)13(26)6-27-14/h4-5H,6-8H2,1-3H3. The topological polar surface area (TPSA) is 32.7 Å². The molecule has 28 heavy (non-hydrogen) atoms. The van der Waals surface area contributed by atoms with Gasteiger partial charge in [0.25, 0.3) is 0 Å². The van der Waals surface area contributed by atoms with E-state index in [2.05, 4.69) is 4.99 Å². The second-order valence-corrected chi connectivity index (χ2v) is 11.4. The summed E-state index contributed by atoms with van der Waals surface area (Å²) in [7, 11) is -2.40. The van der Waals surface area contributed by atoms with Crippen LogP contribution in [0.25, 0.3) is 0 Å². The summed E-state index contributed by atoms with van der Waals surface area (Å²) in [4.78, 5) is 16.2. The molecule has 0 unspecified atom stereocenters. The first kappa shape index (κ1) is 22.9. The second-order valence-electron chi connectivity index (χ2n) is 6.64. The predicted molar refractivity (Wildman–Crippen MR) is 97.1 cm³/mol. The summed E-state index contributed by atoms with van der Waals surface area (Å²) in [6, 6.07) is 2.14. The molecule has 1 heterocycles. The Kier molecular flexibility index (Phi) is 6.34.